The SMILES string of the molecule is Nc1nc(OC/C=C/CNc2ncnc3c2ncn3C2OC(CO)C(O[PH](O)=S)[C@H]2F)c2ncn([C@@H]3O[C@H](CO)[C@@H](O[PH](O)=S)[C@H]3F)c2n1. The number of hydrogen-bond donors (Lipinski definition) is 6. The molecule has 0 radical (unpaired) electrons. The molecular weight excluding hydrogens is 736 g/mol. The van der Waals surface area contributed by atoms with Gasteiger partial charge in [0.2, 0.25) is 11.8 Å². The molecule has 10 atom stereocenters. The van der Waals surface area contributed by atoms with Gasteiger partial charge < -0.3 is 54.3 Å². The van der Waals surface area contributed by atoms with Gasteiger partial charge in [0.1, 0.15) is 37.4 Å². The molecule has 2 aliphatic heterocycles. The zero-order chi connectivity index (χ0) is 34.8. The van der Waals surface area contributed by atoms with Crippen LogP contribution in [0.1, 0.15) is 12.5 Å². The minimum Gasteiger partial charge on any atom is -0.472 e. The minimum atomic E-state index is -2.69. The number of ether oxygens (including phenoxy) is 3. The Morgan fingerprint density at radius 3 is 2.06 bits per heavy atom. The summed E-state index contributed by atoms with van der Waals surface area (Å²) in [5.41, 5.74) is 6.74. The molecule has 4 aromatic heterocycles. The van der Waals surface area contributed by atoms with E-state index in [-0.39, 0.29) is 41.8 Å². The van der Waals surface area contributed by atoms with Crippen molar-refractivity contribution in [3.63, 3.8) is 0 Å². The van der Waals surface area contributed by atoms with Gasteiger partial charge in [-0.15, -0.1) is 0 Å². The highest BCUT2D eigenvalue weighted by atomic mass is 32.4. The molecule has 0 aliphatic carbocycles. The van der Waals surface area contributed by atoms with Crippen LogP contribution in [0.2, 0.25) is 0 Å². The first-order chi connectivity index (χ1) is 23.6. The number of alkyl halides is 2. The fourth-order valence-corrected chi connectivity index (χ4v) is 7.14. The summed E-state index contributed by atoms with van der Waals surface area (Å²) in [4.78, 5) is 44.2. The molecule has 49 heavy (non-hydrogen) atoms. The number of nitrogens with two attached hydrogens (primary N) is 1. The number of nitrogens with one attached hydrogen (secondary N) is 1. The molecular formula is C24H30F2N10O9P2S2. The molecule has 7 N–H and O–H groups in total. The molecule has 6 heterocycles. The Kier molecular flexibility index (Phi) is 11.4. The highest BCUT2D eigenvalue weighted by Crippen LogP contribution is 2.40. The number of nitrogens with zero attached hydrogens (tertiary/aromatic N) is 8. The van der Waals surface area contributed by atoms with Gasteiger partial charge in [-0.1, -0.05) is 6.08 Å². The summed E-state index contributed by atoms with van der Waals surface area (Å²) in [6, 6.07) is 0. The molecule has 0 bridgehead atoms. The van der Waals surface area contributed by atoms with Crippen LogP contribution in [0.25, 0.3) is 22.3 Å². The number of aliphatic hydroxyl groups is 2. The number of aromatic nitrogens is 8. The van der Waals surface area contributed by atoms with E-state index in [1.165, 1.54) is 28.1 Å². The third-order valence-corrected chi connectivity index (χ3v) is 9.08. The predicted octanol–water partition coefficient (Wildman–Crippen LogP) is -0.182. The van der Waals surface area contributed by atoms with Gasteiger partial charge in [-0.2, -0.15) is 9.97 Å². The van der Waals surface area contributed by atoms with E-state index < -0.39 is 76.7 Å². The van der Waals surface area contributed by atoms with Gasteiger partial charge in [0.15, 0.2) is 67.2 Å². The first-order valence-corrected chi connectivity index (χ1v) is 19.4. The third-order valence-electron chi connectivity index (χ3n) is 7.55. The lowest BCUT2D eigenvalue weighted by Crippen LogP contribution is -2.32. The summed E-state index contributed by atoms with van der Waals surface area (Å²) in [6.45, 7) is -0.831. The molecule has 0 amide bonds. The molecule has 2 saturated heterocycles. The van der Waals surface area contributed by atoms with E-state index in [0.29, 0.717) is 11.3 Å². The van der Waals surface area contributed by atoms with Crippen molar-refractivity contribution >= 4 is 72.0 Å². The molecule has 2 fully saturated rings. The summed E-state index contributed by atoms with van der Waals surface area (Å²) < 4.78 is 60.5. The number of anilines is 2. The van der Waals surface area contributed by atoms with Crippen molar-refractivity contribution in [2.75, 3.05) is 37.4 Å². The number of nitrogen functional groups attached to an aromatic ring is 1. The zero-order valence-electron chi connectivity index (χ0n) is 24.9. The van der Waals surface area contributed by atoms with Gasteiger partial charge >= 0.3 is 0 Å². The molecule has 0 spiro atoms. The first kappa shape index (κ1) is 35.9. The topological polar surface area (TPSA) is 252 Å². The van der Waals surface area contributed by atoms with Crippen LogP contribution in [0.4, 0.5) is 20.5 Å². The second-order valence-electron chi connectivity index (χ2n) is 10.5. The van der Waals surface area contributed by atoms with Crippen LogP contribution in [-0.4, -0.2) is 122 Å². The highest BCUT2D eigenvalue weighted by Gasteiger charge is 2.49. The van der Waals surface area contributed by atoms with Crippen LogP contribution in [0.3, 0.4) is 0 Å². The van der Waals surface area contributed by atoms with Crippen molar-refractivity contribution in [3.8, 4) is 5.88 Å². The van der Waals surface area contributed by atoms with Gasteiger partial charge in [-0.3, -0.25) is 9.13 Å². The van der Waals surface area contributed by atoms with Crippen molar-refractivity contribution < 1.29 is 52.0 Å². The smallest absolute Gasteiger partial charge is 0.247 e. The second kappa shape index (κ2) is 15.5. The summed E-state index contributed by atoms with van der Waals surface area (Å²) in [5.74, 6) is 0.190. The van der Waals surface area contributed by atoms with Crippen LogP contribution in [0, 0.1) is 0 Å². The largest absolute Gasteiger partial charge is 0.472 e. The Bertz CT molecular complexity index is 1880. The molecule has 5 unspecified atom stereocenters. The van der Waals surface area contributed by atoms with Crippen LogP contribution < -0.4 is 15.8 Å². The van der Waals surface area contributed by atoms with Crippen LogP contribution in [-0.2, 0) is 42.1 Å². The fourth-order valence-electron chi connectivity index (χ4n) is 5.44. The molecule has 6 rings (SSSR count). The Morgan fingerprint density at radius 2 is 1.47 bits per heavy atom. The molecule has 4 aromatic rings. The minimum absolute atomic E-state index is 0.0218. The Morgan fingerprint density at radius 1 is 0.878 bits per heavy atom. The number of imidazole rings is 2. The van der Waals surface area contributed by atoms with Gasteiger partial charge in [-0.25, -0.2) is 28.7 Å². The fraction of sp³-hybridized carbons (Fsp3) is 0.500. The van der Waals surface area contributed by atoms with E-state index >= 15 is 8.78 Å². The van der Waals surface area contributed by atoms with Crippen molar-refractivity contribution in [3.05, 3.63) is 31.1 Å². The molecule has 25 heteroatoms. The summed E-state index contributed by atoms with van der Waals surface area (Å²) in [6.07, 6.45) is -3.57. The lowest BCUT2D eigenvalue weighted by atomic mass is 10.1. The van der Waals surface area contributed by atoms with Crippen molar-refractivity contribution in [2.24, 2.45) is 0 Å². The molecule has 266 valence electrons. The monoisotopic (exact) mass is 766 g/mol. The maximum Gasteiger partial charge on any atom is 0.247 e. The van der Waals surface area contributed by atoms with E-state index in [1.54, 1.807) is 12.2 Å². The number of aliphatic hydroxyl groups excluding tert-OH is 2. The predicted molar refractivity (Wildman–Crippen MR) is 176 cm³/mol. The van der Waals surface area contributed by atoms with Gasteiger partial charge in [0.25, 0.3) is 0 Å². The average molecular weight is 767 g/mol. The van der Waals surface area contributed by atoms with Gasteiger partial charge in [-0.05, 0) is 29.7 Å². The number of halogens is 2. The second-order valence-corrected chi connectivity index (χ2v) is 14.1. The van der Waals surface area contributed by atoms with Crippen LogP contribution in [0.15, 0.2) is 31.1 Å². The van der Waals surface area contributed by atoms with Crippen molar-refractivity contribution in [1.29, 1.82) is 0 Å². The quantitative estimate of drug-likeness (QED) is 0.0719. The Labute approximate surface area is 286 Å². The van der Waals surface area contributed by atoms with E-state index in [0.717, 1.165) is 0 Å². The van der Waals surface area contributed by atoms with Gasteiger partial charge in [0.05, 0.1) is 25.9 Å². The zero-order valence-corrected chi connectivity index (χ0v) is 28.5. The van der Waals surface area contributed by atoms with Crippen molar-refractivity contribution in [1.82, 2.24) is 39.0 Å². The van der Waals surface area contributed by atoms with Gasteiger partial charge in [0, 0.05) is 6.54 Å². The normalized spacial score (nSPS) is 28.5. The van der Waals surface area contributed by atoms with E-state index in [1.807, 2.05) is 0 Å². The molecule has 2 aliphatic rings. The number of fused-ring (bicyclic) bond motifs is 2. The maximum absolute atomic E-state index is 15.3. The lowest BCUT2D eigenvalue weighted by Gasteiger charge is -2.17. The molecule has 19 nitrogen and oxygen atoms in total. The van der Waals surface area contributed by atoms with E-state index in [9.17, 15) is 20.0 Å². The number of hydrogen-bond acceptors (Lipinski definition) is 17. The number of rotatable bonds is 14. The van der Waals surface area contributed by atoms with Crippen LogP contribution >= 0.6 is 14.3 Å². The van der Waals surface area contributed by atoms with Crippen molar-refractivity contribution in [2.45, 2.75) is 49.2 Å². The summed E-state index contributed by atoms with van der Waals surface area (Å²) in [5, 5.41) is 22.3. The van der Waals surface area contributed by atoms with E-state index in [2.05, 4.69) is 58.8 Å². The summed E-state index contributed by atoms with van der Waals surface area (Å²) in [7, 11) is -5.35. The Hall–Kier alpha value is -2.92. The molecule has 0 aromatic carbocycles. The maximum atomic E-state index is 15.3. The third kappa shape index (κ3) is 7.43. The average Bonchev–Trinajstić information content (AvgIpc) is 3.83. The van der Waals surface area contributed by atoms with Crippen LogP contribution in [0.5, 0.6) is 5.88 Å². The van der Waals surface area contributed by atoms with E-state index in [4.69, 9.17) is 29.0 Å². The summed E-state index contributed by atoms with van der Waals surface area (Å²) >= 11 is 9.36. The highest BCUT2D eigenvalue weighted by molar-refractivity contribution is 8.00. The lowest BCUT2D eigenvalue weighted by molar-refractivity contribution is -0.0430. The first-order valence-electron chi connectivity index (χ1n) is 14.4. The standard InChI is InChI=1S/C24H30F2N10O9P2S2/c25-12-16(44-46(39)48)10(5-37)42-22(12)35-8-31-14-18(29-7-30-19(14)35)28-3-1-2-4-41-21-15-20(33-24(27)34-21)36(9-32-15)23-13(26)17(45-47(40)49)11(6-38)43-23/h1-2,7-13,16-17,22-23,37-38,46-47H,3-6H2,(H,39,48)(H,40,49)(H2,27,33,34)(H,28,29,30)/b2-1+/t10?,11-,12-,13-,16?,17-,22?,23-/m1/s1. The molecule has 0 saturated carbocycles. The Balaban J connectivity index is 1.09.